The van der Waals surface area contributed by atoms with E-state index in [0.717, 1.165) is 32.1 Å². The Kier molecular flexibility index (Phi) is 5.29. The number of hydrogen-bond acceptors (Lipinski definition) is 5. The summed E-state index contributed by atoms with van der Waals surface area (Å²) in [4.78, 5) is 22.5. The van der Waals surface area contributed by atoms with Crippen molar-refractivity contribution >= 4 is 11.7 Å². The first-order valence-corrected chi connectivity index (χ1v) is 7.06. The summed E-state index contributed by atoms with van der Waals surface area (Å²) in [5.41, 5.74) is 0. The molecule has 0 spiro atoms. The molecule has 0 saturated carbocycles. The quantitative estimate of drug-likeness (QED) is 0.869. The van der Waals surface area contributed by atoms with Crippen LogP contribution in [0, 0.1) is 5.92 Å². The van der Waals surface area contributed by atoms with E-state index in [0.29, 0.717) is 24.7 Å². The summed E-state index contributed by atoms with van der Waals surface area (Å²) in [7, 11) is 0. The van der Waals surface area contributed by atoms with Gasteiger partial charge < -0.3 is 15.0 Å². The van der Waals surface area contributed by atoms with Crippen LogP contribution in [0.5, 0.6) is 0 Å². The molecule has 1 aliphatic rings. The van der Waals surface area contributed by atoms with E-state index < -0.39 is 0 Å². The van der Waals surface area contributed by atoms with Crippen LogP contribution in [0.15, 0.2) is 12.3 Å². The lowest BCUT2D eigenvalue weighted by Crippen LogP contribution is -2.37. The normalized spacial score (nSPS) is 15.4. The van der Waals surface area contributed by atoms with Crippen LogP contribution in [0.1, 0.15) is 26.1 Å². The molecule has 0 radical (unpaired) electrons. The zero-order valence-electron chi connectivity index (χ0n) is 12.1. The van der Waals surface area contributed by atoms with Gasteiger partial charge >= 0.3 is 0 Å². The second-order valence-corrected chi connectivity index (χ2v) is 5.31. The van der Waals surface area contributed by atoms with Gasteiger partial charge in [-0.3, -0.25) is 4.79 Å². The third kappa shape index (κ3) is 4.45. The molecule has 0 aliphatic carbocycles. The average Bonchev–Trinajstić information content (AvgIpc) is 2.46. The number of carbonyl (C=O) groups excluding carboxylic acids is 1. The number of ether oxygens (including phenoxy) is 1. The summed E-state index contributed by atoms with van der Waals surface area (Å²) >= 11 is 0. The third-order valence-corrected chi connectivity index (χ3v) is 3.06. The van der Waals surface area contributed by atoms with Crippen molar-refractivity contribution in [2.45, 2.75) is 26.8 Å². The molecule has 0 aromatic carbocycles. The molecule has 0 atom stereocenters. The van der Waals surface area contributed by atoms with Gasteiger partial charge in [0.25, 0.3) is 0 Å². The van der Waals surface area contributed by atoms with Crippen LogP contribution in [-0.4, -0.2) is 42.2 Å². The number of carbonyl (C=O) groups is 1. The second kappa shape index (κ2) is 7.19. The summed E-state index contributed by atoms with van der Waals surface area (Å²) in [6.45, 7) is 7.56. The van der Waals surface area contributed by atoms with E-state index in [1.54, 1.807) is 6.20 Å². The molecule has 20 heavy (non-hydrogen) atoms. The van der Waals surface area contributed by atoms with Gasteiger partial charge in [-0.1, -0.05) is 13.8 Å². The molecule has 2 rings (SSSR count). The maximum atomic E-state index is 11.6. The second-order valence-electron chi connectivity index (χ2n) is 5.31. The van der Waals surface area contributed by atoms with Crippen LogP contribution in [0.3, 0.4) is 0 Å². The highest BCUT2D eigenvalue weighted by Crippen LogP contribution is 2.11. The molecule has 1 fully saturated rings. The smallest absolute Gasteiger partial charge is 0.220 e. The summed E-state index contributed by atoms with van der Waals surface area (Å²) < 4.78 is 5.33. The molecule has 1 aliphatic heterocycles. The largest absolute Gasteiger partial charge is 0.378 e. The van der Waals surface area contributed by atoms with Crippen molar-refractivity contribution in [1.82, 2.24) is 15.3 Å². The fraction of sp³-hybridized carbons (Fsp3) is 0.643. The summed E-state index contributed by atoms with van der Waals surface area (Å²) in [5.74, 6) is 1.94. The SMILES string of the molecule is CC(C)CC(=O)NCc1nccc(N2CCOCC2)n1. The van der Waals surface area contributed by atoms with Crippen molar-refractivity contribution in [3.8, 4) is 0 Å². The molecule has 6 nitrogen and oxygen atoms in total. The van der Waals surface area contributed by atoms with Gasteiger partial charge in [-0.05, 0) is 12.0 Å². The Morgan fingerprint density at radius 2 is 2.20 bits per heavy atom. The van der Waals surface area contributed by atoms with Gasteiger partial charge in [-0.2, -0.15) is 0 Å². The number of morpholine rings is 1. The third-order valence-electron chi connectivity index (χ3n) is 3.06. The lowest BCUT2D eigenvalue weighted by Gasteiger charge is -2.27. The number of nitrogens with zero attached hydrogens (tertiary/aromatic N) is 3. The predicted octanol–water partition coefficient (Wildman–Crippen LogP) is 0.975. The van der Waals surface area contributed by atoms with Gasteiger partial charge in [0, 0.05) is 25.7 Å². The average molecular weight is 278 g/mol. The molecule has 0 unspecified atom stereocenters. The van der Waals surface area contributed by atoms with Crippen LogP contribution in [0.2, 0.25) is 0 Å². The number of rotatable bonds is 5. The monoisotopic (exact) mass is 278 g/mol. The highest BCUT2D eigenvalue weighted by atomic mass is 16.5. The summed E-state index contributed by atoms with van der Waals surface area (Å²) in [6, 6.07) is 1.89. The maximum Gasteiger partial charge on any atom is 0.220 e. The standard InChI is InChI=1S/C14H22N4O2/c1-11(2)9-14(19)16-10-12-15-4-3-13(17-12)18-5-7-20-8-6-18/h3-4,11H,5-10H2,1-2H3,(H,16,19). The van der Waals surface area contributed by atoms with Crippen molar-refractivity contribution in [1.29, 1.82) is 0 Å². The van der Waals surface area contributed by atoms with E-state index in [4.69, 9.17) is 4.74 Å². The molecule has 1 aromatic rings. The Labute approximate surface area is 119 Å². The highest BCUT2D eigenvalue weighted by Gasteiger charge is 2.13. The van der Waals surface area contributed by atoms with Crippen molar-refractivity contribution in [3.63, 3.8) is 0 Å². The first-order valence-electron chi connectivity index (χ1n) is 7.06. The summed E-state index contributed by atoms with van der Waals surface area (Å²) in [5, 5.41) is 2.85. The van der Waals surface area contributed by atoms with Crippen LogP contribution >= 0.6 is 0 Å². The number of amides is 1. The number of anilines is 1. The van der Waals surface area contributed by atoms with Crippen molar-refractivity contribution < 1.29 is 9.53 Å². The number of aromatic nitrogens is 2. The van der Waals surface area contributed by atoms with Crippen LogP contribution in [0.25, 0.3) is 0 Å². The molecule has 0 bridgehead atoms. The van der Waals surface area contributed by atoms with Gasteiger partial charge in [-0.15, -0.1) is 0 Å². The fourth-order valence-electron chi connectivity index (χ4n) is 2.06. The van der Waals surface area contributed by atoms with E-state index >= 15 is 0 Å². The van der Waals surface area contributed by atoms with Crippen molar-refractivity contribution in [3.05, 3.63) is 18.1 Å². The first-order chi connectivity index (χ1) is 9.65. The minimum Gasteiger partial charge on any atom is -0.378 e. The Morgan fingerprint density at radius 1 is 1.45 bits per heavy atom. The Balaban J connectivity index is 1.90. The molecular weight excluding hydrogens is 256 g/mol. The van der Waals surface area contributed by atoms with Crippen molar-refractivity contribution in [2.75, 3.05) is 31.2 Å². The molecule has 6 heteroatoms. The van der Waals surface area contributed by atoms with Crippen molar-refractivity contribution in [2.24, 2.45) is 5.92 Å². The molecule has 2 heterocycles. The van der Waals surface area contributed by atoms with Crippen LogP contribution < -0.4 is 10.2 Å². The van der Waals surface area contributed by atoms with Gasteiger partial charge in [0.2, 0.25) is 5.91 Å². The number of hydrogen-bond donors (Lipinski definition) is 1. The lowest BCUT2D eigenvalue weighted by atomic mass is 10.1. The van der Waals surface area contributed by atoms with E-state index in [-0.39, 0.29) is 5.91 Å². The molecular formula is C14H22N4O2. The molecule has 1 saturated heterocycles. The lowest BCUT2D eigenvalue weighted by molar-refractivity contribution is -0.121. The van der Waals surface area contributed by atoms with Gasteiger partial charge in [0.05, 0.1) is 19.8 Å². The summed E-state index contributed by atoms with van der Waals surface area (Å²) in [6.07, 6.45) is 2.27. The Bertz CT molecular complexity index is 445. The van der Waals surface area contributed by atoms with E-state index in [9.17, 15) is 4.79 Å². The topological polar surface area (TPSA) is 67.4 Å². The van der Waals surface area contributed by atoms with E-state index in [2.05, 4.69) is 20.2 Å². The zero-order valence-corrected chi connectivity index (χ0v) is 12.1. The van der Waals surface area contributed by atoms with E-state index in [1.165, 1.54) is 0 Å². The highest BCUT2D eigenvalue weighted by molar-refractivity contribution is 5.75. The number of nitrogens with one attached hydrogen (secondary N) is 1. The molecule has 1 aromatic heterocycles. The fourth-order valence-corrected chi connectivity index (χ4v) is 2.06. The van der Waals surface area contributed by atoms with Gasteiger partial charge in [-0.25, -0.2) is 9.97 Å². The van der Waals surface area contributed by atoms with Gasteiger partial charge in [0.1, 0.15) is 11.6 Å². The zero-order chi connectivity index (χ0) is 14.4. The van der Waals surface area contributed by atoms with Crippen LogP contribution in [0.4, 0.5) is 5.82 Å². The predicted molar refractivity (Wildman–Crippen MR) is 76.4 cm³/mol. The Morgan fingerprint density at radius 3 is 2.90 bits per heavy atom. The van der Waals surface area contributed by atoms with E-state index in [1.807, 2.05) is 19.9 Å². The molecule has 110 valence electrons. The molecule has 1 N–H and O–H groups in total. The minimum absolute atomic E-state index is 0.0420. The maximum absolute atomic E-state index is 11.6. The minimum atomic E-state index is 0.0420. The van der Waals surface area contributed by atoms with Gasteiger partial charge in [0.15, 0.2) is 0 Å². The first kappa shape index (κ1) is 14.7. The van der Waals surface area contributed by atoms with Crippen LogP contribution in [-0.2, 0) is 16.1 Å². The Hall–Kier alpha value is -1.69. The molecule has 1 amide bonds.